The SMILES string of the molecule is C=C[C@H]1OC(=O)N(C(=O)OC(C)(C)C)[C@H]1CCP(=O)(OC)OC. The normalized spacial score (nSPS) is 22.0. The van der Waals surface area contributed by atoms with Crippen molar-refractivity contribution in [3.8, 4) is 0 Å². The van der Waals surface area contributed by atoms with Gasteiger partial charge < -0.3 is 18.5 Å². The standard InChI is InChI=1S/C14H24NO7P/c1-7-11-10(8-9-23(18,19-5)20-6)15(12(16)21-11)13(17)22-14(2,3)4/h7,10-11H,1,8-9H2,2-6H3/t10-,11+/m0/s1. The number of carbonyl (C=O) groups excluding carboxylic acids is 2. The maximum atomic E-state index is 12.2. The van der Waals surface area contributed by atoms with Gasteiger partial charge in [-0.1, -0.05) is 6.58 Å². The Morgan fingerprint density at radius 3 is 2.39 bits per heavy atom. The van der Waals surface area contributed by atoms with Crippen LogP contribution < -0.4 is 0 Å². The number of rotatable bonds is 6. The Morgan fingerprint density at radius 2 is 1.96 bits per heavy atom. The summed E-state index contributed by atoms with van der Waals surface area (Å²) in [6.07, 6.45) is -0.749. The highest BCUT2D eigenvalue weighted by atomic mass is 31.2. The van der Waals surface area contributed by atoms with Crippen LogP contribution in [0.1, 0.15) is 27.2 Å². The van der Waals surface area contributed by atoms with E-state index < -0.39 is 37.5 Å². The third-order valence-corrected chi connectivity index (χ3v) is 5.14. The van der Waals surface area contributed by atoms with E-state index in [0.717, 1.165) is 4.90 Å². The molecule has 0 bridgehead atoms. The largest absolute Gasteiger partial charge is 0.443 e. The fraction of sp³-hybridized carbons (Fsp3) is 0.714. The molecule has 1 heterocycles. The van der Waals surface area contributed by atoms with Crippen molar-refractivity contribution in [2.45, 2.75) is 44.9 Å². The van der Waals surface area contributed by atoms with Crippen LogP contribution in [0.3, 0.4) is 0 Å². The Balaban J connectivity index is 2.93. The van der Waals surface area contributed by atoms with Crippen molar-refractivity contribution in [3.63, 3.8) is 0 Å². The van der Waals surface area contributed by atoms with Crippen LogP contribution in [0.15, 0.2) is 12.7 Å². The zero-order chi connectivity index (χ0) is 17.8. The Labute approximate surface area is 136 Å². The molecule has 1 saturated heterocycles. The molecule has 0 radical (unpaired) electrons. The van der Waals surface area contributed by atoms with Gasteiger partial charge in [0.25, 0.3) is 0 Å². The summed E-state index contributed by atoms with van der Waals surface area (Å²) >= 11 is 0. The molecule has 1 rings (SSSR count). The van der Waals surface area contributed by atoms with Crippen molar-refractivity contribution in [2.75, 3.05) is 20.4 Å². The Hall–Kier alpha value is -1.37. The predicted octanol–water partition coefficient (Wildman–Crippen LogP) is 3.17. The topological polar surface area (TPSA) is 91.4 Å². The molecule has 0 unspecified atom stereocenters. The van der Waals surface area contributed by atoms with E-state index in [-0.39, 0.29) is 12.6 Å². The number of hydrogen-bond donors (Lipinski definition) is 0. The van der Waals surface area contributed by atoms with E-state index in [0.29, 0.717) is 0 Å². The molecule has 0 aromatic carbocycles. The maximum Gasteiger partial charge on any atom is 0.420 e. The molecule has 2 amide bonds. The first-order valence-corrected chi connectivity index (χ1v) is 8.85. The van der Waals surface area contributed by atoms with Crippen LogP contribution in [-0.4, -0.2) is 55.2 Å². The molecule has 0 aliphatic carbocycles. The minimum absolute atomic E-state index is 0.0188. The molecule has 1 fully saturated rings. The molecular weight excluding hydrogens is 325 g/mol. The molecule has 0 spiro atoms. The van der Waals surface area contributed by atoms with Gasteiger partial charge in [-0.15, -0.1) is 0 Å². The van der Waals surface area contributed by atoms with Crippen LogP contribution in [0.25, 0.3) is 0 Å². The number of hydrogen-bond acceptors (Lipinski definition) is 7. The first-order chi connectivity index (χ1) is 10.6. The highest BCUT2D eigenvalue weighted by Crippen LogP contribution is 2.47. The summed E-state index contributed by atoms with van der Waals surface area (Å²) in [4.78, 5) is 25.1. The minimum Gasteiger partial charge on any atom is -0.443 e. The van der Waals surface area contributed by atoms with Gasteiger partial charge in [-0.05, 0) is 33.3 Å². The predicted molar refractivity (Wildman–Crippen MR) is 83.4 cm³/mol. The van der Waals surface area contributed by atoms with Crippen molar-refractivity contribution in [1.82, 2.24) is 4.90 Å². The molecule has 1 aliphatic heterocycles. The Bertz CT molecular complexity index is 506. The van der Waals surface area contributed by atoms with Gasteiger partial charge in [-0.2, -0.15) is 0 Å². The van der Waals surface area contributed by atoms with E-state index in [1.807, 2.05) is 0 Å². The summed E-state index contributed by atoms with van der Waals surface area (Å²) in [7, 11) is -0.718. The van der Waals surface area contributed by atoms with E-state index in [1.165, 1.54) is 20.3 Å². The molecule has 0 aromatic rings. The lowest BCUT2D eigenvalue weighted by Crippen LogP contribution is -2.44. The van der Waals surface area contributed by atoms with Crippen molar-refractivity contribution < 1.29 is 32.7 Å². The number of carbonyl (C=O) groups is 2. The average Bonchev–Trinajstić information content (AvgIpc) is 2.79. The summed E-state index contributed by atoms with van der Waals surface area (Å²) in [5.41, 5.74) is -0.761. The lowest BCUT2D eigenvalue weighted by Gasteiger charge is -2.26. The van der Waals surface area contributed by atoms with Crippen LogP contribution in [0, 0.1) is 0 Å². The van der Waals surface area contributed by atoms with E-state index >= 15 is 0 Å². The van der Waals surface area contributed by atoms with Crippen LogP contribution in [-0.2, 0) is 23.1 Å². The first kappa shape index (κ1) is 19.7. The summed E-state index contributed by atoms with van der Waals surface area (Å²) in [5.74, 6) is 0. The first-order valence-electron chi connectivity index (χ1n) is 7.13. The third-order valence-electron chi connectivity index (χ3n) is 3.22. The Kier molecular flexibility index (Phi) is 6.39. The molecule has 9 heteroatoms. The van der Waals surface area contributed by atoms with Gasteiger partial charge in [0.15, 0.2) is 0 Å². The molecule has 8 nitrogen and oxygen atoms in total. The zero-order valence-electron chi connectivity index (χ0n) is 14.1. The van der Waals surface area contributed by atoms with Gasteiger partial charge in [0.1, 0.15) is 11.7 Å². The van der Waals surface area contributed by atoms with Crippen LogP contribution in [0.2, 0.25) is 0 Å². The highest BCUT2D eigenvalue weighted by Gasteiger charge is 2.46. The highest BCUT2D eigenvalue weighted by molar-refractivity contribution is 7.53. The quantitative estimate of drug-likeness (QED) is 0.537. The number of nitrogens with zero attached hydrogens (tertiary/aromatic N) is 1. The smallest absolute Gasteiger partial charge is 0.420 e. The van der Waals surface area contributed by atoms with E-state index in [2.05, 4.69) is 6.58 Å². The number of ether oxygens (including phenoxy) is 2. The van der Waals surface area contributed by atoms with Gasteiger partial charge in [0.2, 0.25) is 0 Å². The summed E-state index contributed by atoms with van der Waals surface area (Å²) in [5, 5.41) is 0. The van der Waals surface area contributed by atoms with Crippen molar-refractivity contribution in [2.24, 2.45) is 0 Å². The zero-order valence-corrected chi connectivity index (χ0v) is 15.0. The number of amides is 2. The molecule has 0 saturated carbocycles. The molecular formula is C14H24NO7P. The molecule has 132 valence electrons. The van der Waals surface area contributed by atoms with Crippen LogP contribution in [0.5, 0.6) is 0 Å². The van der Waals surface area contributed by atoms with Crippen molar-refractivity contribution >= 4 is 19.8 Å². The molecule has 23 heavy (non-hydrogen) atoms. The van der Waals surface area contributed by atoms with Crippen molar-refractivity contribution in [1.29, 1.82) is 0 Å². The molecule has 1 aliphatic rings. The fourth-order valence-corrected chi connectivity index (χ4v) is 3.20. The number of imide groups is 1. The third kappa shape index (κ3) is 5.06. The molecule has 2 atom stereocenters. The second kappa shape index (κ2) is 7.47. The van der Waals surface area contributed by atoms with Gasteiger partial charge in [-0.25, -0.2) is 14.5 Å². The second-order valence-electron chi connectivity index (χ2n) is 5.99. The molecule has 0 aromatic heterocycles. The van der Waals surface area contributed by atoms with Gasteiger partial charge in [0.05, 0.1) is 12.2 Å². The fourth-order valence-electron chi connectivity index (χ4n) is 2.10. The average molecular weight is 349 g/mol. The monoisotopic (exact) mass is 349 g/mol. The Morgan fingerprint density at radius 1 is 1.39 bits per heavy atom. The van der Waals surface area contributed by atoms with Crippen molar-refractivity contribution in [3.05, 3.63) is 12.7 Å². The second-order valence-corrected chi connectivity index (χ2v) is 8.39. The van der Waals surface area contributed by atoms with Gasteiger partial charge in [0, 0.05) is 14.2 Å². The maximum absolute atomic E-state index is 12.2. The lowest BCUT2D eigenvalue weighted by molar-refractivity contribution is 0.0286. The summed E-state index contributed by atoms with van der Waals surface area (Å²) < 4.78 is 32.2. The minimum atomic E-state index is -3.27. The van der Waals surface area contributed by atoms with E-state index in [1.54, 1.807) is 20.8 Å². The van der Waals surface area contributed by atoms with E-state index in [4.69, 9.17) is 18.5 Å². The number of cyclic esters (lactones) is 1. The van der Waals surface area contributed by atoms with Gasteiger partial charge in [-0.3, -0.25) is 4.57 Å². The summed E-state index contributed by atoms with van der Waals surface area (Å²) in [6.45, 7) is 8.67. The van der Waals surface area contributed by atoms with Crippen LogP contribution in [0.4, 0.5) is 9.59 Å². The lowest BCUT2D eigenvalue weighted by atomic mass is 10.1. The van der Waals surface area contributed by atoms with Crippen LogP contribution >= 0.6 is 7.60 Å². The van der Waals surface area contributed by atoms with E-state index in [9.17, 15) is 14.2 Å². The van der Waals surface area contributed by atoms with Gasteiger partial charge >= 0.3 is 19.8 Å². The summed E-state index contributed by atoms with van der Waals surface area (Å²) in [6, 6.07) is -0.687. The molecule has 0 N–H and O–H groups in total.